The summed E-state index contributed by atoms with van der Waals surface area (Å²) < 4.78 is 5.30. The van der Waals surface area contributed by atoms with Gasteiger partial charge in [-0.25, -0.2) is 0 Å². The lowest BCUT2D eigenvalue weighted by Gasteiger charge is -2.28. The fraction of sp³-hybridized carbons (Fsp3) is 0.429. The highest BCUT2D eigenvalue weighted by Gasteiger charge is 2.11. The summed E-state index contributed by atoms with van der Waals surface area (Å²) in [4.78, 5) is 24.5. The molecule has 0 radical (unpaired) electrons. The maximum absolute atomic E-state index is 11.5. The molecule has 102 valence electrons. The third-order valence-electron chi connectivity index (χ3n) is 2.94. The average molecular weight is 262 g/mol. The first-order chi connectivity index (χ1) is 9.15. The summed E-state index contributed by atoms with van der Waals surface area (Å²) in [5, 5.41) is 2.70. The molecule has 0 saturated carbocycles. The lowest BCUT2D eigenvalue weighted by atomic mass is 10.2. The van der Waals surface area contributed by atoms with E-state index >= 15 is 0 Å². The zero-order valence-corrected chi connectivity index (χ0v) is 11.0. The Balaban J connectivity index is 1.94. The zero-order valence-electron chi connectivity index (χ0n) is 11.0. The molecule has 0 aliphatic carbocycles. The van der Waals surface area contributed by atoms with E-state index in [9.17, 15) is 9.59 Å². The molecule has 0 bridgehead atoms. The smallest absolute Gasteiger partial charge is 0.231 e. The highest BCUT2D eigenvalue weighted by Crippen LogP contribution is 2.19. The fourth-order valence-corrected chi connectivity index (χ4v) is 2.01. The van der Waals surface area contributed by atoms with E-state index in [1.807, 2.05) is 24.3 Å². The van der Waals surface area contributed by atoms with Crippen LogP contribution >= 0.6 is 0 Å². The second-order valence-corrected chi connectivity index (χ2v) is 4.57. The van der Waals surface area contributed by atoms with E-state index in [2.05, 4.69) is 10.2 Å². The van der Waals surface area contributed by atoms with Crippen LogP contribution in [0.1, 0.15) is 13.3 Å². The molecule has 0 unspecified atom stereocenters. The number of carbonyl (C=O) groups is 2. The molecule has 19 heavy (non-hydrogen) atoms. The number of hydrogen-bond donors (Lipinski definition) is 1. The second kappa shape index (κ2) is 6.33. The Morgan fingerprint density at radius 3 is 2.42 bits per heavy atom. The molecule has 0 spiro atoms. The van der Waals surface area contributed by atoms with Gasteiger partial charge in [0.1, 0.15) is 5.78 Å². The van der Waals surface area contributed by atoms with Gasteiger partial charge in [-0.05, 0) is 31.2 Å². The van der Waals surface area contributed by atoms with Gasteiger partial charge < -0.3 is 15.0 Å². The Morgan fingerprint density at radius 2 is 1.84 bits per heavy atom. The van der Waals surface area contributed by atoms with E-state index < -0.39 is 0 Å². The predicted molar refractivity (Wildman–Crippen MR) is 73.4 cm³/mol. The number of Topliss-reactive ketones (excluding diaryl/α,β-unsaturated/α-hetero) is 1. The minimum atomic E-state index is -0.272. The molecule has 1 heterocycles. The normalized spacial score (nSPS) is 15.1. The van der Waals surface area contributed by atoms with Gasteiger partial charge in [-0.3, -0.25) is 9.59 Å². The average Bonchev–Trinajstić information content (AvgIpc) is 2.39. The van der Waals surface area contributed by atoms with Gasteiger partial charge >= 0.3 is 0 Å². The number of ether oxygens (including phenoxy) is 1. The van der Waals surface area contributed by atoms with Crippen molar-refractivity contribution in [2.75, 3.05) is 36.5 Å². The van der Waals surface area contributed by atoms with Crippen LogP contribution in [0.4, 0.5) is 11.4 Å². The lowest BCUT2D eigenvalue weighted by molar-refractivity contribution is -0.124. The third kappa shape index (κ3) is 4.06. The van der Waals surface area contributed by atoms with Gasteiger partial charge in [0.15, 0.2) is 0 Å². The van der Waals surface area contributed by atoms with E-state index in [-0.39, 0.29) is 18.1 Å². The highest BCUT2D eigenvalue weighted by atomic mass is 16.5. The summed E-state index contributed by atoms with van der Waals surface area (Å²) in [5.74, 6) is -0.408. The van der Waals surface area contributed by atoms with Gasteiger partial charge in [-0.15, -0.1) is 0 Å². The molecule has 5 nitrogen and oxygen atoms in total. The second-order valence-electron chi connectivity index (χ2n) is 4.57. The molecule has 1 N–H and O–H groups in total. The van der Waals surface area contributed by atoms with Crippen molar-refractivity contribution in [2.45, 2.75) is 13.3 Å². The molecule has 1 aromatic rings. The quantitative estimate of drug-likeness (QED) is 0.834. The van der Waals surface area contributed by atoms with E-state index in [1.54, 1.807) is 0 Å². The number of benzene rings is 1. The van der Waals surface area contributed by atoms with E-state index in [4.69, 9.17) is 4.74 Å². The lowest BCUT2D eigenvalue weighted by Crippen LogP contribution is -2.36. The van der Waals surface area contributed by atoms with E-state index in [0.29, 0.717) is 5.69 Å². The van der Waals surface area contributed by atoms with Gasteiger partial charge in [0, 0.05) is 24.5 Å². The van der Waals surface area contributed by atoms with Crippen LogP contribution in [0.15, 0.2) is 24.3 Å². The largest absolute Gasteiger partial charge is 0.378 e. The molecular formula is C14H18N2O3. The predicted octanol–water partition coefficient (Wildman–Crippen LogP) is 1.44. The molecule has 2 rings (SSSR count). The summed E-state index contributed by atoms with van der Waals surface area (Å²) in [5.41, 5.74) is 1.83. The van der Waals surface area contributed by atoms with Crippen LogP contribution in [-0.2, 0) is 14.3 Å². The Kier molecular flexibility index (Phi) is 4.52. The molecule has 1 amide bonds. The van der Waals surface area contributed by atoms with Crippen molar-refractivity contribution in [1.29, 1.82) is 0 Å². The summed E-state index contributed by atoms with van der Waals surface area (Å²) in [6, 6.07) is 7.63. The van der Waals surface area contributed by atoms with Gasteiger partial charge in [0.05, 0.1) is 19.6 Å². The van der Waals surface area contributed by atoms with Crippen LogP contribution in [-0.4, -0.2) is 38.0 Å². The number of amides is 1. The summed E-state index contributed by atoms with van der Waals surface area (Å²) in [7, 11) is 0. The van der Waals surface area contributed by atoms with Crippen molar-refractivity contribution < 1.29 is 14.3 Å². The van der Waals surface area contributed by atoms with Crippen LogP contribution in [0.2, 0.25) is 0 Å². The van der Waals surface area contributed by atoms with Crippen LogP contribution in [0.3, 0.4) is 0 Å². The van der Waals surface area contributed by atoms with Crippen molar-refractivity contribution in [3.63, 3.8) is 0 Å². The maximum Gasteiger partial charge on any atom is 0.231 e. The molecule has 0 aromatic heterocycles. The molecule has 1 aliphatic heterocycles. The molecule has 0 atom stereocenters. The minimum Gasteiger partial charge on any atom is -0.378 e. The van der Waals surface area contributed by atoms with Crippen LogP contribution < -0.4 is 10.2 Å². The van der Waals surface area contributed by atoms with Crippen molar-refractivity contribution >= 4 is 23.1 Å². The molecule has 1 fully saturated rings. The van der Waals surface area contributed by atoms with E-state index in [0.717, 1.165) is 32.0 Å². The van der Waals surface area contributed by atoms with Crippen LogP contribution in [0, 0.1) is 0 Å². The summed E-state index contributed by atoms with van der Waals surface area (Å²) in [6.07, 6.45) is -0.0782. The highest BCUT2D eigenvalue weighted by molar-refractivity contribution is 6.03. The van der Waals surface area contributed by atoms with Crippen molar-refractivity contribution in [3.05, 3.63) is 24.3 Å². The Morgan fingerprint density at radius 1 is 1.21 bits per heavy atom. The first-order valence-corrected chi connectivity index (χ1v) is 6.37. The Hall–Kier alpha value is -1.88. The maximum atomic E-state index is 11.5. The van der Waals surface area contributed by atoms with Gasteiger partial charge in [-0.2, -0.15) is 0 Å². The fourth-order valence-electron chi connectivity index (χ4n) is 2.01. The SMILES string of the molecule is CC(=O)CC(=O)Nc1ccc(N2CCOCC2)cc1. The first-order valence-electron chi connectivity index (χ1n) is 6.37. The van der Waals surface area contributed by atoms with Crippen LogP contribution in [0.5, 0.6) is 0 Å². The Bertz CT molecular complexity index is 450. The van der Waals surface area contributed by atoms with Crippen molar-refractivity contribution in [2.24, 2.45) is 0 Å². The topological polar surface area (TPSA) is 58.6 Å². The molecule has 1 saturated heterocycles. The van der Waals surface area contributed by atoms with Gasteiger partial charge in [0.25, 0.3) is 0 Å². The number of nitrogens with zero attached hydrogens (tertiary/aromatic N) is 1. The summed E-state index contributed by atoms with van der Waals surface area (Å²) in [6.45, 7) is 4.67. The van der Waals surface area contributed by atoms with Crippen molar-refractivity contribution in [1.82, 2.24) is 0 Å². The number of hydrogen-bond acceptors (Lipinski definition) is 4. The van der Waals surface area contributed by atoms with Gasteiger partial charge in [0.2, 0.25) is 5.91 Å². The molecular weight excluding hydrogens is 244 g/mol. The monoisotopic (exact) mass is 262 g/mol. The number of morpholine rings is 1. The molecule has 1 aliphatic rings. The van der Waals surface area contributed by atoms with Crippen LogP contribution in [0.25, 0.3) is 0 Å². The molecule has 5 heteroatoms. The van der Waals surface area contributed by atoms with E-state index in [1.165, 1.54) is 6.92 Å². The molecule has 1 aromatic carbocycles. The zero-order chi connectivity index (χ0) is 13.7. The van der Waals surface area contributed by atoms with Gasteiger partial charge in [-0.1, -0.05) is 0 Å². The number of ketones is 1. The minimum absolute atomic E-state index is 0.0782. The number of anilines is 2. The number of carbonyl (C=O) groups excluding carboxylic acids is 2. The Labute approximate surface area is 112 Å². The summed E-state index contributed by atoms with van der Waals surface area (Å²) >= 11 is 0. The number of rotatable bonds is 4. The standard InChI is InChI=1S/C14H18N2O3/c1-11(17)10-14(18)15-12-2-4-13(5-3-12)16-6-8-19-9-7-16/h2-5H,6-10H2,1H3,(H,15,18). The third-order valence-corrected chi connectivity index (χ3v) is 2.94. The van der Waals surface area contributed by atoms with Crippen molar-refractivity contribution in [3.8, 4) is 0 Å². The first kappa shape index (κ1) is 13.5. The number of nitrogens with one attached hydrogen (secondary N) is 1.